The lowest BCUT2D eigenvalue weighted by Crippen LogP contribution is -2.50. The molecule has 1 aromatic carbocycles. The maximum absolute atomic E-state index is 13.6. The summed E-state index contributed by atoms with van der Waals surface area (Å²) >= 11 is 0. The summed E-state index contributed by atoms with van der Waals surface area (Å²) in [5.41, 5.74) is 0.581. The zero-order valence-electron chi connectivity index (χ0n) is 19.1. The number of aliphatic hydroxyl groups excluding tert-OH is 1. The molecule has 1 aliphatic heterocycles. The topological polar surface area (TPSA) is 108 Å². The van der Waals surface area contributed by atoms with Gasteiger partial charge < -0.3 is 25.4 Å². The first-order chi connectivity index (χ1) is 15.4. The number of benzene rings is 1. The van der Waals surface area contributed by atoms with Gasteiger partial charge in [0, 0.05) is 18.7 Å². The van der Waals surface area contributed by atoms with Gasteiger partial charge in [-0.05, 0) is 43.0 Å². The van der Waals surface area contributed by atoms with Crippen LogP contribution < -0.4 is 15.4 Å². The average Bonchev–Trinajstić information content (AvgIpc) is 3.11. The molecular weight excluding hydrogens is 410 g/mol. The van der Waals surface area contributed by atoms with Crippen LogP contribution in [0.3, 0.4) is 0 Å². The van der Waals surface area contributed by atoms with Gasteiger partial charge in [0.2, 0.25) is 17.7 Å². The second-order valence-corrected chi connectivity index (χ2v) is 8.35. The molecule has 1 saturated heterocycles. The fraction of sp³-hybridized carbons (Fsp3) is 0.542. The van der Waals surface area contributed by atoms with Crippen molar-refractivity contribution in [1.29, 1.82) is 0 Å². The van der Waals surface area contributed by atoms with Crippen LogP contribution >= 0.6 is 0 Å². The Hall–Kier alpha value is -2.87. The van der Waals surface area contributed by atoms with Crippen molar-refractivity contribution in [1.82, 2.24) is 10.2 Å². The number of amides is 3. The summed E-state index contributed by atoms with van der Waals surface area (Å²) in [6.07, 6.45) is 5.09. The summed E-state index contributed by atoms with van der Waals surface area (Å²) in [6.45, 7) is 3.61. The van der Waals surface area contributed by atoms with Gasteiger partial charge in [-0.25, -0.2) is 0 Å². The van der Waals surface area contributed by atoms with Crippen LogP contribution in [0.2, 0.25) is 0 Å². The SMILES string of the molecule is CC[C@@H](CO)N1C(=O)[C@@H]2[C@H](C=C[C@@H](CC)[C@H]2C(=O)NC)[C@H]1C(=O)Nc1ccc(OC)cc1. The molecule has 8 heteroatoms. The van der Waals surface area contributed by atoms with E-state index in [0.29, 0.717) is 24.3 Å². The third kappa shape index (κ3) is 4.24. The van der Waals surface area contributed by atoms with E-state index in [1.54, 1.807) is 38.4 Å². The van der Waals surface area contributed by atoms with Gasteiger partial charge in [0.1, 0.15) is 11.8 Å². The lowest BCUT2D eigenvalue weighted by atomic mass is 9.69. The van der Waals surface area contributed by atoms with Crippen molar-refractivity contribution in [2.45, 2.75) is 38.8 Å². The third-order valence-corrected chi connectivity index (χ3v) is 6.77. The fourth-order valence-corrected chi connectivity index (χ4v) is 5.06. The van der Waals surface area contributed by atoms with Crippen LogP contribution in [0.25, 0.3) is 0 Å². The minimum atomic E-state index is -0.812. The van der Waals surface area contributed by atoms with Gasteiger partial charge in [-0.1, -0.05) is 26.0 Å². The van der Waals surface area contributed by atoms with E-state index >= 15 is 0 Å². The predicted molar refractivity (Wildman–Crippen MR) is 121 cm³/mol. The highest BCUT2D eigenvalue weighted by molar-refractivity contribution is 6.02. The van der Waals surface area contributed by atoms with E-state index in [1.807, 2.05) is 26.0 Å². The summed E-state index contributed by atoms with van der Waals surface area (Å²) in [6, 6.07) is 5.64. The Morgan fingerprint density at radius 2 is 1.84 bits per heavy atom. The number of carbonyl (C=O) groups is 3. The lowest BCUT2D eigenvalue weighted by Gasteiger charge is -2.34. The molecule has 0 spiro atoms. The number of anilines is 1. The quantitative estimate of drug-likeness (QED) is 0.531. The molecule has 1 fully saturated rings. The third-order valence-electron chi connectivity index (χ3n) is 6.77. The predicted octanol–water partition coefficient (Wildman–Crippen LogP) is 1.81. The fourth-order valence-electron chi connectivity index (χ4n) is 5.06. The van der Waals surface area contributed by atoms with E-state index in [-0.39, 0.29) is 30.2 Å². The van der Waals surface area contributed by atoms with Gasteiger partial charge in [-0.2, -0.15) is 0 Å². The summed E-state index contributed by atoms with van der Waals surface area (Å²) in [5.74, 6) is -1.84. The van der Waals surface area contributed by atoms with Crippen LogP contribution in [0.5, 0.6) is 5.75 Å². The number of nitrogens with one attached hydrogen (secondary N) is 2. The van der Waals surface area contributed by atoms with Gasteiger partial charge in [-0.3, -0.25) is 14.4 Å². The van der Waals surface area contributed by atoms with Crippen LogP contribution in [0, 0.1) is 23.7 Å². The number of allylic oxidation sites excluding steroid dienone is 1. The number of rotatable bonds is 8. The molecule has 1 aromatic rings. The van der Waals surface area contributed by atoms with Gasteiger partial charge in [0.25, 0.3) is 0 Å². The number of carbonyl (C=O) groups excluding carboxylic acids is 3. The Morgan fingerprint density at radius 3 is 2.38 bits per heavy atom. The van der Waals surface area contributed by atoms with E-state index in [0.717, 1.165) is 0 Å². The number of hydrogen-bond acceptors (Lipinski definition) is 5. The highest BCUT2D eigenvalue weighted by atomic mass is 16.5. The maximum Gasteiger partial charge on any atom is 0.247 e. The minimum Gasteiger partial charge on any atom is -0.497 e. The van der Waals surface area contributed by atoms with Crippen molar-refractivity contribution >= 4 is 23.4 Å². The maximum atomic E-state index is 13.6. The second kappa shape index (κ2) is 10.2. The standard InChI is InChI=1S/C24H33N3O5/c1-5-14-7-12-18-20(19(14)22(29)25-3)24(31)27(16(6-2)13-28)21(18)23(30)26-15-8-10-17(32-4)11-9-15/h7-12,14,16,18-21,28H,5-6,13H2,1-4H3,(H,25,29)(H,26,30)/t14-,16+,18+,19-,20-,21+/m1/s1. The van der Waals surface area contributed by atoms with Crippen LogP contribution in [-0.4, -0.2) is 60.6 Å². The summed E-state index contributed by atoms with van der Waals surface area (Å²) < 4.78 is 5.16. The van der Waals surface area contributed by atoms with Crippen molar-refractivity contribution in [3.63, 3.8) is 0 Å². The number of fused-ring (bicyclic) bond motifs is 1. The second-order valence-electron chi connectivity index (χ2n) is 8.35. The van der Waals surface area contributed by atoms with Gasteiger partial charge in [0.05, 0.1) is 31.6 Å². The molecule has 6 atom stereocenters. The minimum absolute atomic E-state index is 0.0837. The Labute approximate surface area is 189 Å². The number of methoxy groups -OCH3 is 1. The van der Waals surface area contributed by atoms with E-state index in [2.05, 4.69) is 10.6 Å². The highest BCUT2D eigenvalue weighted by Gasteiger charge is 2.58. The molecule has 1 aliphatic carbocycles. The monoisotopic (exact) mass is 443 g/mol. The molecular formula is C24H33N3O5. The molecule has 32 heavy (non-hydrogen) atoms. The largest absolute Gasteiger partial charge is 0.497 e. The van der Waals surface area contributed by atoms with Crippen molar-refractivity contribution in [2.24, 2.45) is 23.7 Å². The first kappa shape index (κ1) is 23.8. The molecule has 3 amide bonds. The average molecular weight is 444 g/mol. The number of ether oxygens (including phenoxy) is 1. The zero-order valence-corrected chi connectivity index (χ0v) is 19.1. The molecule has 174 valence electrons. The smallest absolute Gasteiger partial charge is 0.247 e. The van der Waals surface area contributed by atoms with Gasteiger partial charge in [0.15, 0.2) is 0 Å². The van der Waals surface area contributed by atoms with Crippen LogP contribution in [-0.2, 0) is 14.4 Å². The Balaban J connectivity index is 1.99. The molecule has 0 saturated carbocycles. The lowest BCUT2D eigenvalue weighted by molar-refractivity contribution is -0.142. The van der Waals surface area contributed by atoms with E-state index in [4.69, 9.17) is 4.74 Å². The van der Waals surface area contributed by atoms with Crippen molar-refractivity contribution in [2.75, 3.05) is 26.1 Å². The summed E-state index contributed by atoms with van der Waals surface area (Å²) in [7, 11) is 3.13. The molecule has 1 heterocycles. The molecule has 0 unspecified atom stereocenters. The number of likely N-dealkylation sites (tertiary alicyclic amines) is 1. The zero-order chi connectivity index (χ0) is 23.4. The number of hydrogen-bond donors (Lipinski definition) is 3. The van der Waals surface area contributed by atoms with Gasteiger partial charge in [-0.15, -0.1) is 0 Å². The first-order valence-corrected chi connectivity index (χ1v) is 11.2. The normalized spacial score (nSPS) is 27.6. The Kier molecular flexibility index (Phi) is 7.56. The number of nitrogens with zero attached hydrogens (tertiary/aromatic N) is 1. The van der Waals surface area contributed by atoms with Crippen LogP contribution in [0.1, 0.15) is 26.7 Å². The molecule has 3 rings (SSSR count). The Bertz CT molecular complexity index is 865. The first-order valence-electron chi connectivity index (χ1n) is 11.2. The highest BCUT2D eigenvalue weighted by Crippen LogP contribution is 2.46. The van der Waals surface area contributed by atoms with Crippen LogP contribution in [0.4, 0.5) is 5.69 Å². The summed E-state index contributed by atoms with van der Waals surface area (Å²) in [5, 5.41) is 15.6. The number of aliphatic hydroxyl groups is 1. The molecule has 3 N–H and O–H groups in total. The van der Waals surface area contributed by atoms with E-state index in [9.17, 15) is 19.5 Å². The molecule has 0 radical (unpaired) electrons. The molecule has 8 nitrogen and oxygen atoms in total. The molecule has 0 aromatic heterocycles. The summed E-state index contributed by atoms with van der Waals surface area (Å²) in [4.78, 5) is 41.4. The molecule has 2 aliphatic rings. The van der Waals surface area contributed by atoms with E-state index < -0.39 is 29.8 Å². The Morgan fingerprint density at radius 1 is 1.16 bits per heavy atom. The van der Waals surface area contributed by atoms with Crippen LogP contribution in [0.15, 0.2) is 36.4 Å². The molecule has 0 bridgehead atoms. The van der Waals surface area contributed by atoms with E-state index in [1.165, 1.54) is 4.90 Å². The van der Waals surface area contributed by atoms with Crippen molar-refractivity contribution in [3.8, 4) is 5.75 Å². The van der Waals surface area contributed by atoms with Crippen molar-refractivity contribution < 1.29 is 24.2 Å². The van der Waals surface area contributed by atoms with Crippen molar-refractivity contribution in [3.05, 3.63) is 36.4 Å². The van der Waals surface area contributed by atoms with Gasteiger partial charge >= 0.3 is 0 Å².